The summed E-state index contributed by atoms with van der Waals surface area (Å²) >= 11 is 0. The first kappa shape index (κ1) is 19.1. The molecule has 0 saturated carbocycles. The molecule has 0 aliphatic rings. The molecule has 150 valence electrons. The molecule has 1 N–H and O–H groups in total. The summed E-state index contributed by atoms with van der Waals surface area (Å²) in [5.41, 5.74) is 9.77. The number of rotatable bonds is 4. The van der Waals surface area contributed by atoms with E-state index in [1.165, 1.54) is 44.2 Å². The lowest BCUT2D eigenvalue weighted by atomic mass is 9.97. The lowest BCUT2D eigenvalue weighted by Crippen LogP contribution is -1.96. The maximum absolute atomic E-state index is 3.60. The Balaban J connectivity index is 1.40. The van der Waals surface area contributed by atoms with Crippen LogP contribution in [-0.4, -0.2) is 0 Å². The van der Waals surface area contributed by atoms with Crippen LogP contribution in [0.4, 0.5) is 11.4 Å². The molecule has 0 radical (unpaired) electrons. The zero-order valence-corrected chi connectivity index (χ0v) is 17.9. The third-order valence-electron chi connectivity index (χ3n) is 5.90. The van der Waals surface area contributed by atoms with Crippen LogP contribution in [0, 0.1) is 13.8 Å². The number of fused-ring (bicyclic) bond motifs is 1. The number of nitrogens with one attached hydrogen (secondary N) is 1. The van der Waals surface area contributed by atoms with Crippen LogP contribution in [0.5, 0.6) is 0 Å². The lowest BCUT2D eigenvalue weighted by molar-refractivity contribution is 1.37. The first-order valence-corrected chi connectivity index (χ1v) is 10.7. The minimum Gasteiger partial charge on any atom is -0.355 e. The number of anilines is 2. The van der Waals surface area contributed by atoms with Crippen molar-refractivity contribution < 1.29 is 0 Å². The standard InChI is InChI=1S/C30H25N/c1-21-19-30(22(2)18-29(21)25-9-4-3-5-10-25)31-28-16-14-24(15-17-28)27-13-12-23-8-6-7-11-26(23)20-27/h3-20,31H,1-2H3. The molecular weight excluding hydrogens is 374 g/mol. The zero-order valence-electron chi connectivity index (χ0n) is 17.9. The smallest absolute Gasteiger partial charge is 0.0417 e. The fraction of sp³-hybridized carbons (Fsp3) is 0.0667. The minimum absolute atomic E-state index is 1.10. The molecule has 0 heterocycles. The highest BCUT2D eigenvalue weighted by molar-refractivity contribution is 5.87. The fourth-order valence-electron chi connectivity index (χ4n) is 4.15. The summed E-state index contributed by atoms with van der Waals surface area (Å²) in [7, 11) is 0. The van der Waals surface area contributed by atoms with E-state index in [1.807, 2.05) is 0 Å². The first-order chi connectivity index (χ1) is 15.2. The maximum atomic E-state index is 3.60. The molecular formula is C30H25N. The third kappa shape index (κ3) is 3.95. The SMILES string of the molecule is Cc1cc(-c2ccccc2)c(C)cc1Nc1ccc(-c2ccc3ccccc3c2)cc1. The van der Waals surface area contributed by atoms with Crippen molar-refractivity contribution in [1.29, 1.82) is 0 Å². The second-order valence-electron chi connectivity index (χ2n) is 8.11. The van der Waals surface area contributed by atoms with Gasteiger partial charge in [0.05, 0.1) is 0 Å². The van der Waals surface area contributed by atoms with Crippen molar-refractivity contribution in [3.63, 3.8) is 0 Å². The van der Waals surface area contributed by atoms with Gasteiger partial charge in [0.25, 0.3) is 0 Å². The van der Waals surface area contributed by atoms with Gasteiger partial charge in [0.1, 0.15) is 0 Å². The number of hydrogen-bond acceptors (Lipinski definition) is 1. The molecule has 31 heavy (non-hydrogen) atoms. The molecule has 0 atom stereocenters. The Hall–Kier alpha value is -3.84. The molecule has 5 aromatic carbocycles. The number of hydrogen-bond donors (Lipinski definition) is 1. The van der Waals surface area contributed by atoms with Gasteiger partial charge in [-0.25, -0.2) is 0 Å². The molecule has 0 aliphatic carbocycles. The molecule has 0 amide bonds. The fourth-order valence-corrected chi connectivity index (χ4v) is 4.15. The van der Waals surface area contributed by atoms with Gasteiger partial charge in [-0.2, -0.15) is 0 Å². The zero-order chi connectivity index (χ0) is 21.2. The third-order valence-corrected chi connectivity index (χ3v) is 5.90. The van der Waals surface area contributed by atoms with Crippen LogP contribution in [0.3, 0.4) is 0 Å². The van der Waals surface area contributed by atoms with Crippen molar-refractivity contribution in [3.8, 4) is 22.3 Å². The molecule has 0 bridgehead atoms. The highest BCUT2D eigenvalue weighted by Gasteiger charge is 2.07. The van der Waals surface area contributed by atoms with Crippen molar-refractivity contribution in [2.45, 2.75) is 13.8 Å². The molecule has 1 heteroatoms. The summed E-state index contributed by atoms with van der Waals surface area (Å²) in [5.74, 6) is 0. The molecule has 5 rings (SSSR count). The average molecular weight is 400 g/mol. The van der Waals surface area contributed by atoms with Crippen molar-refractivity contribution in [2.75, 3.05) is 5.32 Å². The van der Waals surface area contributed by atoms with Crippen LogP contribution < -0.4 is 5.32 Å². The Labute approximate surface area is 184 Å². The summed E-state index contributed by atoms with van der Waals surface area (Å²) in [4.78, 5) is 0. The van der Waals surface area contributed by atoms with Gasteiger partial charge in [-0.05, 0) is 88.3 Å². The predicted molar refractivity (Wildman–Crippen MR) is 134 cm³/mol. The summed E-state index contributed by atoms with van der Waals surface area (Å²) in [6.07, 6.45) is 0. The van der Waals surface area contributed by atoms with Crippen LogP contribution >= 0.6 is 0 Å². The monoisotopic (exact) mass is 399 g/mol. The maximum Gasteiger partial charge on any atom is 0.0417 e. The van der Waals surface area contributed by atoms with Crippen LogP contribution in [0.25, 0.3) is 33.0 Å². The van der Waals surface area contributed by atoms with Gasteiger partial charge in [-0.15, -0.1) is 0 Å². The van der Waals surface area contributed by atoms with Crippen LogP contribution in [-0.2, 0) is 0 Å². The van der Waals surface area contributed by atoms with Gasteiger partial charge in [-0.1, -0.05) is 78.9 Å². The van der Waals surface area contributed by atoms with E-state index in [1.54, 1.807) is 0 Å². The highest BCUT2D eigenvalue weighted by Crippen LogP contribution is 2.31. The Bertz CT molecular complexity index is 1350. The number of benzene rings is 5. The van der Waals surface area contributed by atoms with Gasteiger partial charge < -0.3 is 5.32 Å². The molecule has 0 saturated heterocycles. The van der Waals surface area contributed by atoms with Gasteiger partial charge in [0, 0.05) is 11.4 Å². The van der Waals surface area contributed by atoms with Gasteiger partial charge >= 0.3 is 0 Å². The summed E-state index contributed by atoms with van der Waals surface area (Å²) in [6.45, 7) is 4.34. The molecule has 5 aromatic rings. The first-order valence-electron chi connectivity index (χ1n) is 10.7. The second kappa shape index (κ2) is 8.12. The van der Waals surface area contributed by atoms with Crippen molar-refractivity contribution >= 4 is 22.1 Å². The van der Waals surface area contributed by atoms with Crippen molar-refractivity contribution in [2.24, 2.45) is 0 Å². The van der Waals surface area contributed by atoms with Crippen molar-refractivity contribution in [1.82, 2.24) is 0 Å². The normalized spacial score (nSPS) is 10.9. The van der Waals surface area contributed by atoms with Gasteiger partial charge in [-0.3, -0.25) is 0 Å². The average Bonchev–Trinajstić information content (AvgIpc) is 2.82. The molecule has 0 aromatic heterocycles. The van der Waals surface area contributed by atoms with Gasteiger partial charge in [0.2, 0.25) is 0 Å². The quantitative estimate of drug-likeness (QED) is 0.319. The molecule has 0 spiro atoms. The highest BCUT2D eigenvalue weighted by atomic mass is 14.9. The summed E-state index contributed by atoms with van der Waals surface area (Å²) < 4.78 is 0. The predicted octanol–water partition coefficient (Wildman–Crippen LogP) is 8.53. The lowest BCUT2D eigenvalue weighted by Gasteiger charge is -2.15. The molecule has 0 unspecified atom stereocenters. The van der Waals surface area contributed by atoms with E-state index >= 15 is 0 Å². The summed E-state index contributed by atoms with van der Waals surface area (Å²) in [6, 6.07) is 38.9. The van der Waals surface area contributed by atoms with Crippen LogP contribution in [0.15, 0.2) is 109 Å². The van der Waals surface area contributed by atoms with Crippen molar-refractivity contribution in [3.05, 3.63) is 120 Å². The van der Waals surface area contributed by atoms with Gasteiger partial charge in [0.15, 0.2) is 0 Å². The Morgan fingerprint density at radius 3 is 1.94 bits per heavy atom. The van der Waals surface area contributed by atoms with E-state index in [9.17, 15) is 0 Å². The Kier molecular flexibility index (Phi) is 5.01. The van der Waals surface area contributed by atoms with E-state index in [2.05, 4.69) is 128 Å². The van der Waals surface area contributed by atoms with E-state index in [0.717, 1.165) is 11.4 Å². The Morgan fingerprint density at radius 2 is 1.16 bits per heavy atom. The molecule has 1 nitrogen and oxygen atoms in total. The molecule has 0 aliphatic heterocycles. The largest absolute Gasteiger partial charge is 0.355 e. The van der Waals surface area contributed by atoms with E-state index in [0.29, 0.717) is 0 Å². The number of aryl methyl sites for hydroxylation is 2. The van der Waals surface area contributed by atoms with Crippen LogP contribution in [0.1, 0.15) is 11.1 Å². The minimum atomic E-state index is 1.10. The van der Waals surface area contributed by atoms with E-state index < -0.39 is 0 Å². The van der Waals surface area contributed by atoms with Crippen LogP contribution in [0.2, 0.25) is 0 Å². The second-order valence-corrected chi connectivity index (χ2v) is 8.11. The summed E-state index contributed by atoms with van der Waals surface area (Å²) in [5, 5.41) is 6.14. The Morgan fingerprint density at radius 1 is 0.484 bits per heavy atom. The topological polar surface area (TPSA) is 12.0 Å². The molecule has 0 fully saturated rings. The van der Waals surface area contributed by atoms with E-state index in [4.69, 9.17) is 0 Å². The van der Waals surface area contributed by atoms with E-state index in [-0.39, 0.29) is 0 Å².